The molecular formula is C20H32O4Si. The van der Waals surface area contributed by atoms with Crippen molar-refractivity contribution in [1.82, 2.24) is 0 Å². The molecule has 5 heteroatoms. The van der Waals surface area contributed by atoms with Crippen LogP contribution in [0.4, 0.5) is 0 Å². The molecule has 0 aliphatic heterocycles. The lowest BCUT2D eigenvalue weighted by Crippen LogP contribution is -2.49. The van der Waals surface area contributed by atoms with Crippen molar-refractivity contribution in [1.29, 1.82) is 0 Å². The average molecular weight is 365 g/mol. The molecule has 0 amide bonds. The van der Waals surface area contributed by atoms with Crippen molar-refractivity contribution in [2.75, 3.05) is 13.7 Å². The Bertz CT molecular complexity index is 549. The molecular weight excluding hydrogens is 332 g/mol. The van der Waals surface area contributed by atoms with Crippen LogP contribution in [0.15, 0.2) is 42.5 Å². The Morgan fingerprint density at radius 3 is 2.32 bits per heavy atom. The van der Waals surface area contributed by atoms with E-state index in [4.69, 9.17) is 13.9 Å². The van der Waals surface area contributed by atoms with Gasteiger partial charge in [-0.25, -0.2) is 0 Å². The summed E-state index contributed by atoms with van der Waals surface area (Å²) in [5, 5.41) is 0.0254. The lowest BCUT2D eigenvalue weighted by atomic mass is 10.1. The summed E-state index contributed by atoms with van der Waals surface area (Å²) in [5.74, 6) is 0. The van der Waals surface area contributed by atoms with Crippen LogP contribution in [0.5, 0.6) is 0 Å². The predicted molar refractivity (Wildman–Crippen MR) is 104 cm³/mol. The van der Waals surface area contributed by atoms with Crippen LogP contribution in [-0.2, 0) is 25.3 Å². The topological polar surface area (TPSA) is 44.8 Å². The highest BCUT2D eigenvalue weighted by Crippen LogP contribution is 2.38. The Morgan fingerprint density at radius 1 is 1.24 bits per heavy atom. The molecule has 0 aliphatic carbocycles. The standard InChI is InChI=1S/C20H32O4Si/c1-16(13-21)19(24-25(6,7)20(2,3)4)18(22-5)15-23-14-17-11-9-8-10-12-17/h8-13,18-19H,1,14-15H2,2-7H3/t18-,19+/m0/s1. The van der Waals surface area contributed by atoms with E-state index in [1.807, 2.05) is 30.3 Å². The molecule has 0 radical (unpaired) electrons. The molecule has 0 saturated heterocycles. The lowest BCUT2D eigenvalue weighted by molar-refractivity contribution is -0.107. The summed E-state index contributed by atoms with van der Waals surface area (Å²) in [6.45, 7) is 15.5. The van der Waals surface area contributed by atoms with Crippen LogP contribution in [0.25, 0.3) is 0 Å². The second-order valence-electron chi connectivity index (χ2n) is 7.77. The summed E-state index contributed by atoms with van der Waals surface area (Å²) in [7, 11) is -0.477. The summed E-state index contributed by atoms with van der Waals surface area (Å²) in [6.07, 6.45) is -0.129. The third kappa shape index (κ3) is 6.51. The van der Waals surface area contributed by atoms with Crippen molar-refractivity contribution in [2.45, 2.75) is 57.7 Å². The third-order valence-corrected chi connectivity index (χ3v) is 9.23. The zero-order valence-corrected chi connectivity index (χ0v) is 17.4. The van der Waals surface area contributed by atoms with Crippen LogP contribution >= 0.6 is 0 Å². The van der Waals surface area contributed by atoms with E-state index >= 15 is 0 Å². The molecule has 0 aliphatic rings. The molecule has 0 fully saturated rings. The quantitative estimate of drug-likeness (QED) is 0.351. The first-order valence-electron chi connectivity index (χ1n) is 8.58. The highest BCUT2D eigenvalue weighted by Gasteiger charge is 2.41. The van der Waals surface area contributed by atoms with Gasteiger partial charge in [-0.3, -0.25) is 4.79 Å². The van der Waals surface area contributed by atoms with Crippen molar-refractivity contribution < 1.29 is 18.7 Å². The zero-order chi connectivity index (χ0) is 19.1. The summed E-state index contributed by atoms with van der Waals surface area (Å²) in [6, 6.07) is 9.94. The molecule has 25 heavy (non-hydrogen) atoms. The Morgan fingerprint density at radius 2 is 1.84 bits per heavy atom. The van der Waals surface area contributed by atoms with Gasteiger partial charge in [-0.15, -0.1) is 0 Å². The number of ether oxygens (including phenoxy) is 2. The van der Waals surface area contributed by atoms with Gasteiger partial charge in [0.1, 0.15) is 18.5 Å². The van der Waals surface area contributed by atoms with Crippen LogP contribution in [0.2, 0.25) is 18.1 Å². The lowest BCUT2D eigenvalue weighted by Gasteiger charge is -2.41. The monoisotopic (exact) mass is 364 g/mol. The van der Waals surface area contributed by atoms with E-state index in [0.717, 1.165) is 11.8 Å². The van der Waals surface area contributed by atoms with E-state index in [2.05, 4.69) is 40.4 Å². The first-order chi connectivity index (χ1) is 11.6. The van der Waals surface area contributed by atoms with Crippen molar-refractivity contribution in [3.63, 3.8) is 0 Å². The molecule has 140 valence electrons. The van der Waals surface area contributed by atoms with Gasteiger partial charge < -0.3 is 13.9 Å². The molecule has 0 unspecified atom stereocenters. The summed E-state index contributed by atoms with van der Waals surface area (Å²) in [5.41, 5.74) is 1.48. The molecule has 0 spiro atoms. The van der Waals surface area contributed by atoms with Gasteiger partial charge in [-0.05, 0) is 23.7 Å². The maximum atomic E-state index is 11.3. The summed E-state index contributed by atoms with van der Waals surface area (Å²) >= 11 is 0. The highest BCUT2D eigenvalue weighted by atomic mass is 28.4. The maximum Gasteiger partial charge on any atom is 0.193 e. The van der Waals surface area contributed by atoms with E-state index in [0.29, 0.717) is 18.8 Å². The Balaban J connectivity index is 2.80. The van der Waals surface area contributed by atoms with Crippen LogP contribution in [0, 0.1) is 0 Å². The first kappa shape index (κ1) is 21.8. The fraction of sp³-hybridized carbons (Fsp3) is 0.550. The molecule has 0 heterocycles. The molecule has 1 aromatic carbocycles. The number of carbonyl (C=O) groups is 1. The highest BCUT2D eigenvalue weighted by molar-refractivity contribution is 6.74. The van der Waals surface area contributed by atoms with Crippen molar-refractivity contribution in [2.24, 2.45) is 0 Å². The largest absolute Gasteiger partial charge is 0.407 e. The normalized spacial score (nSPS) is 14.8. The van der Waals surface area contributed by atoms with Crippen molar-refractivity contribution in [3.05, 3.63) is 48.0 Å². The van der Waals surface area contributed by atoms with E-state index in [1.165, 1.54) is 0 Å². The summed E-state index contributed by atoms with van der Waals surface area (Å²) < 4.78 is 17.8. The van der Waals surface area contributed by atoms with Gasteiger partial charge in [0.05, 0.1) is 13.2 Å². The van der Waals surface area contributed by atoms with Gasteiger partial charge >= 0.3 is 0 Å². The molecule has 1 rings (SSSR count). The molecule has 4 nitrogen and oxygen atoms in total. The molecule has 0 N–H and O–H groups in total. The molecule has 2 atom stereocenters. The van der Waals surface area contributed by atoms with Crippen molar-refractivity contribution in [3.8, 4) is 0 Å². The fourth-order valence-electron chi connectivity index (χ4n) is 2.10. The van der Waals surface area contributed by atoms with Crippen LogP contribution in [0.1, 0.15) is 26.3 Å². The fourth-order valence-corrected chi connectivity index (χ4v) is 3.39. The van der Waals surface area contributed by atoms with Gasteiger partial charge in [0.25, 0.3) is 0 Å². The smallest absolute Gasteiger partial charge is 0.193 e. The van der Waals surface area contributed by atoms with Crippen LogP contribution < -0.4 is 0 Å². The number of hydrogen-bond acceptors (Lipinski definition) is 4. The summed E-state index contributed by atoms with van der Waals surface area (Å²) in [4.78, 5) is 11.3. The van der Waals surface area contributed by atoms with E-state index in [-0.39, 0.29) is 11.1 Å². The van der Waals surface area contributed by atoms with Crippen LogP contribution in [0.3, 0.4) is 0 Å². The molecule has 0 aromatic heterocycles. The minimum Gasteiger partial charge on any atom is -0.407 e. The van der Waals surface area contributed by atoms with Gasteiger partial charge in [-0.2, -0.15) is 0 Å². The number of rotatable bonds is 10. The van der Waals surface area contributed by atoms with Crippen molar-refractivity contribution >= 4 is 14.6 Å². The second-order valence-corrected chi connectivity index (χ2v) is 12.5. The Kier molecular flexibility index (Phi) is 8.21. The van der Waals surface area contributed by atoms with Gasteiger partial charge in [-0.1, -0.05) is 57.7 Å². The first-order valence-corrected chi connectivity index (χ1v) is 11.5. The third-order valence-electron chi connectivity index (χ3n) is 4.78. The minimum absolute atomic E-state index is 0.0254. The molecule has 0 saturated carbocycles. The predicted octanol–water partition coefficient (Wildman–Crippen LogP) is 4.36. The zero-order valence-electron chi connectivity index (χ0n) is 16.4. The van der Waals surface area contributed by atoms with Crippen LogP contribution in [-0.4, -0.2) is 40.5 Å². The Hall–Kier alpha value is -1.27. The number of methoxy groups -OCH3 is 1. The van der Waals surface area contributed by atoms with E-state index < -0.39 is 14.4 Å². The van der Waals surface area contributed by atoms with Gasteiger partial charge in [0.2, 0.25) is 0 Å². The average Bonchev–Trinajstić information content (AvgIpc) is 2.56. The number of hydrogen-bond donors (Lipinski definition) is 0. The van der Waals surface area contributed by atoms with E-state index in [1.54, 1.807) is 7.11 Å². The Labute approximate surface area is 153 Å². The SMILES string of the molecule is C=C(C=O)[C@@H](O[Si](C)(C)C(C)(C)C)[C@H](COCc1ccccc1)OC. The van der Waals surface area contributed by atoms with E-state index in [9.17, 15) is 4.79 Å². The van der Waals surface area contributed by atoms with Gasteiger partial charge in [0, 0.05) is 12.7 Å². The number of benzene rings is 1. The maximum absolute atomic E-state index is 11.3. The minimum atomic E-state index is -2.08. The van der Waals surface area contributed by atoms with Gasteiger partial charge in [0.15, 0.2) is 8.32 Å². The number of carbonyl (C=O) groups excluding carboxylic acids is 1. The molecule has 1 aromatic rings. The second kappa shape index (κ2) is 9.43. The number of aldehydes is 1. The molecule has 0 bridgehead atoms.